The lowest BCUT2D eigenvalue weighted by atomic mass is 9.88. The highest BCUT2D eigenvalue weighted by Gasteiger charge is 2.30. The molecular weight excluding hydrogens is 381 g/mol. The van der Waals surface area contributed by atoms with Gasteiger partial charge in [0.15, 0.2) is 0 Å². The van der Waals surface area contributed by atoms with Crippen LogP contribution in [0.1, 0.15) is 53.6 Å². The number of carbonyl (C=O) groups is 2. The monoisotopic (exact) mass is 404 g/mol. The van der Waals surface area contributed by atoms with Crippen LogP contribution in [-0.2, 0) is 17.5 Å². The Bertz CT molecular complexity index is 840. The van der Waals surface area contributed by atoms with E-state index in [0.29, 0.717) is 12.1 Å². The van der Waals surface area contributed by atoms with Gasteiger partial charge in [0.25, 0.3) is 5.91 Å². The molecule has 3 rings (SSSR count). The summed E-state index contributed by atoms with van der Waals surface area (Å²) >= 11 is 0. The van der Waals surface area contributed by atoms with Gasteiger partial charge in [-0.1, -0.05) is 31.4 Å². The summed E-state index contributed by atoms with van der Waals surface area (Å²) in [5.74, 6) is -0.242. The molecule has 1 fully saturated rings. The number of rotatable bonds is 5. The van der Waals surface area contributed by atoms with Crippen LogP contribution >= 0.6 is 0 Å². The molecule has 29 heavy (non-hydrogen) atoms. The van der Waals surface area contributed by atoms with Crippen LogP contribution in [-0.4, -0.2) is 11.8 Å². The third-order valence-electron chi connectivity index (χ3n) is 5.13. The molecule has 1 saturated carbocycles. The summed E-state index contributed by atoms with van der Waals surface area (Å²) in [5.41, 5.74) is 0.773. The Hall–Kier alpha value is -2.83. The number of hydrogen-bond donors (Lipinski definition) is 2. The summed E-state index contributed by atoms with van der Waals surface area (Å²) in [4.78, 5) is 24.5. The zero-order valence-electron chi connectivity index (χ0n) is 15.9. The van der Waals surface area contributed by atoms with Crippen molar-refractivity contribution in [1.29, 1.82) is 0 Å². The standard InChI is InChI=1S/C22H23F3N2O2/c23-22(24,25)18-10-12-19(13-11-18)27-21(29)17-8-6-15(7-9-17)14-26-20(28)16-4-2-1-3-5-16/h6-13,16H,1-5,14H2,(H,26,28)(H,27,29). The van der Waals surface area contributed by atoms with Gasteiger partial charge in [-0.3, -0.25) is 9.59 Å². The molecule has 0 unspecified atom stereocenters. The van der Waals surface area contributed by atoms with Crippen molar-refractivity contribution in [1.82, 2.24) is 5.32 Å². The maximum Gasteiger partial charge on any atom is 0.416 e. The van der Waals surface area contributed by atoms with Crippen molar-refractivity contribution >= 4 is 17.5 Å². The van der Waals surface area contributed by atoms with Crippen molar-refractivity contribution in [2.75, 3.05) is 5.32 Å². The number of nitrogens with one attached hydrogen (secondary N) is 2. The van der Waals surface area contributed by atoms with E-state index in [1.54, 1.807) is 24.3 Å². The molecule has 0 spiro atoms. The molecule has 2 aromatic carbocycles. The minimum atomic E-state index is -4.41. The first-order valence-electron chi connectivity index (χ1n) is 9.68. The summed E-state index contributed by atoms with van der Waals surface area (Å²) < 4.78 is 37.8. The molecule has 2 N–H and O–H groups in total. The van der Waals surface area contributed by atoms with E-state index >= 15 is 0 Å². The molecule has 0 heterocycles. The number of amides is 2. The summed E-state index contributed by atoms with van der Waals surface area (Å²) in [5, 5.41) is 5.52. The van der Waals surface area contributed by atoms with Gasteiger partial charge in [0.05, 0.1) is 5.56 Å². The maximum absolute atomic E-state index is 12.6. The zero-order chi connectivity index (χ0) is 20.9. The first kappa shape index (κ1) is 20.9. The minimum Gasteiger partial charge on any atom is -0.352 e. The second kappa shape index (κ2) is 9.11. The summed E-state index contributed by atoms with van der Waals surface area (Å²) in [6, 6.07) is 11.0. The third-order valence-corrected chi connectivity index (χ3v) is 5.13. The van der Waals surface area contributed by atoms with E-state index in [9.17, 15) is 22.8 Å². The minimum absolute atomic E-state index is 0.0776. The van der Waals surface area contributed by atoms with Gasteiger partial charge in [0.2, 0.25) is 5.91 Å². The normalized spacial score (nSPS) is 15.0. The van der Waals surface area contributed by atoms with Gasteiger partial charge >= 0.3 is 6.18 Å². The van der Waals surface area contributed by atoms with Gasteiger partial charge in [0.1, 0.15) is 0 Å². The van der Waals surface area contributed by atoms with Gasteiger partial charge in [0, 0.05) is 23.7 Å². The molecule has 1 aliphatic rings. The van der Waals surface area contributed by atoms with Crippen molar-refractivity contribution in [3.8, 4) is 0 Å². The summed E-state index contributed by atoms with van der Waals surface area (Å²) in [6.07, 6.45) is 0.857. The first-order chi connectivity index (χ1) is 13.8. The number of hydrogen-bond acceptors (Lipinski definition) is 2. The van der Waals surface area contributed by atoms with Gasteiger partial charge in [-0.05, 0) is 54.8 Å². The predicted octanol–water partition coefficient (Wildman–Crippen LogP) is 5.15. The van der Waals surface area contributed by atoms with Crippen molar-refractivity contribution in [2.45, 2.75) is 44.8 Å². The number of anilines is 1. The fourth-order valence-corrected chi connectivity index (χ4v) is 3.42. The van der Waals surface area contributed by atoms with E-state index in [1.807, 2.05) is 0 Å². The van der Waals surface area contributed by atoms with Crippen molar-refractivity contribution in [2.24, 2.45) is 5.92 Å². The van der Waals surface area contributed by atoms with Crippen molar-refractivity contribution in [3.63, 3.8) is 0 Å². The van der Waals surface area contributed by atoms with Crippen LogP contribution in [0.2, 0.25) is 0 Å². The Morgan fingerprint density at radius 2 is 1.52 bits per heavy atom. The summed E-state index contributed by atoms with van der Waals surface area (Å²) in [7, 11) is 0. The molecule has 0 radical (unpaired) electrons. The predicted molar refractivity (Wildman–Crippen MR) is 104 cm³/mol. The number of alkyl halides is 3. The maximum atomic E-state index is 12.6. The van der Waals surface area contributed by atoms with Crippen LogP contribution in [0, 0.1) is 5.92 Å². The molecule has 2 aromatic rings. The average Bonchev–Trinajstić information content (AvgIpc) is 2.72. The molecule has 2 amide bonds. The second-order valence-electron chi connectivity index (χ2n) is 7.28. The Labute approximate surface area is 167 Å². The molecule has 0 saturated heterocycles. The van der Waals surface area contributed by atoms with Crippen LogP contribution in [0.15, 0.2) is 48.5 Å². The quantitative estimate of drug-likeness (QED) is 0.724. The van der Waals surface area contributed by atoms with E-state index in [2.05, 4.69) is 10.6 Å². The Kier molecular flexibility index (Phi) is 6.56. The van der Waals surface area contributed by atoms with E-state index in [0.717, 1.165) is 43.4 Å². The summed E-state index contributed by atoms with van der Waals surface area (Å²) in [6.45, 7) is 0.399. The lowest BCUT2D eigenvalue weighted by Gasteiger charge is -2.20. The van der Waals surface area contributed by atoms with Gasteiger partial charge in [-0.15, -0.1) is 0 Å². The van der Waals surface area contributed by atoms with Crippen LogP contribution in [0.5, 0.6) is 0 Å². The lowest BCUT2D eigenvalue weighted by Crippen LogP contribution is -2.31. The van der Waals surface area contributed by atoms with Gasteiger partial charge in [-0.2, -0.15) is 13.2 Å². The molecule has 0 aromatic heterocycles. The third kappa shape index (κ3) is 5.82. The highest BCUT2D eigenvalue weighted by Crippen LogP contribution is 2.30. The molecule has 7 heteroatoms. The Morgan fingerprint density at radius 1 is 0.897 bits per heavy atom. The molecule has 0 bridgehead atoms. The SMILES string of the molecule is O=C(Nc1ccc(C(F)(F)F)cc1)c1ccc(CNC(=O)C2CCCCC2)cc1. The smallest absolute Gasteiger partial charge is 0.352 e. The molecule has 154 valence electrons. The average molecular weight is 404 g/mol. The van der Waals surface area contributed by atoms with Gasteiger partial charge in [-0.25, -0.2) is 0 Å². The number of benzene rings is 2. The Balaban J connectivity index is 1.52. The van der Waals surface area contributed by atoms with Crippen LogP contribution < -0.4 is 10.6 Å². The molecule has 0 atom stereocenters. The topological polar surface area (TPSA) is 58.2 Å². The van der Waals surface area contributed by atoms with E-state index in [-0.39, 0.29) is 17.5 Å². The van der Waals surface area contributed by atoms with Crippen LogP contribution in [0.25, 0.3) is 0 Å². The number of halogens is 3. The van der Waals surface area contributed by atoms with E-state index < -0.39 is 17.6 Å². The van der Waals surface area contributed by atoms with E-state index in [4.69, 9.17) is 0 Å². The molecular formula is C22H23F3N2O2. The first-order valence-corrected chi connectivity index (χ1v) is 9.68. The van der Waals surface area contributed by atoms with Crippen LogP contribution in [0.3, 0.4) is 0 Å². The number of carbonyl (C=O) groups excluding carboxylic acids is 2. The van der Waals surface area contributed by atoms with Crippen LogP contribution in [0.4, 0.5) is 18.9 Å². The largest absolute Gasteiger partial charge is 0.416 e. The second-order valence-corrected chi connectivity index (χ2v) is 7.28. The highest BCUT2D eigenvalue weighted by molar-refractivity contribution is 6.04. The molecule has 0 aliphatic heterocycles. The fraction of sp³-hybridized carbons (Fsp3) is 0.364. The molecule has 4 nitrogen and oxygen atoms in total. The lowest BCUT2D eigenvalue weighted by molar-refractivity contribution is -0.137. The Morgan fingerprint density at radius 3 is 2.10 bits per heavy atom. The highest BCUT2D eigenvalue weighted by atomic mass is 19.4. The van der Waals surface area contributed by atoms with Gasteiger partial charge < -0.3 is 10.6 Å². The van der Waals surface area contributed by atoms with Crippen molar-refractivity contribution in [3.05, 3.63) is 65.2 Å². The zero-order valence-corrected chi connectivity index (χ0v) is 15.9. The van der Waals surface area contributed by atoms with Crippen molar-refractivity contribution < 1.29 is 22.8 Å². The van der Waals surface area contributed by atoms with E-state index in [1.165, 1.54) is 18.6 Å². The fourth-order valence-electron chi connectivity index (χ4n) is 3.42. The molecule has 1 aliphatic carbocycles.